The molecule has 1 fully saturated rings. The van der Waals surface area contributed by atoms with E-state index in [9.17, 15) is 4.39 Å². The van der Waals surface area contributed by atoms with Gasteiger partial charge in [0, 0.05) is 0 Å². The minimum absolute atomic E-state index is 0.0565. The minimum atomic E-state index is -0.318. The second-order valence-corrected chi connectivity index (χ2v) is 6.52. The molecule has 0 unspecified atom stereocenters. The van der Waals surface area contributed by atoms with Crippen LogP contribution in [0, 0.1) is 5.82 Å². The molecular formula is C19H23FN3OS+. The van der Waals surface area contributed by atoms with Crippen LogP contribution in [0.4, 0.5) is 10.1 Å². The Labute approximate surface area is 153 Å². The highest BCUT2D eigenvalue weighted by molar-refractivity contribution is 7.80. The number of morpholine rings is 1. The molecule has 6 heteroatoms. The Kier molecular flexibility index (Phi) is 6.33. The zero-order valence-corrected chi connectivity index (χ0v) is 14.8. The summed E-state index contributed by atoms with van der Waals surface area (Å²) in [6.07, 6.45) is 0. The first-order valence-electron chi connectivity index (χ1n) is 8.50. The van der Waals surface area contributed by atoms with Crippen molar-refractivity contribution >= 4 is 23.0 Å². The molecule has 3 N–H and O–H groups in total. The normalized spacial score (nSPS) is 16.2. The smallest absolute Gasteiger partial charge is 0.171 e. The number of benzene rings is 2. The minimum Gasteiger partial charge on any atom is -0.370 e. The molecule has 132 valence electrons. The number of anilines is 1. The lowest BCUT2D eigenvalue weighted by Crippen LogP contribution is -3.14. The summed E-state index contributed by atoms with van der Waals surface area (Å²) < 4.78 is 19.3. The maximum atomic E-state index is 13.8. The van der Waals surface area contributed by atoms with Gasteiger partial charge in [-0.1, -0.05) is 42.5 Å². The topological polar surface area (TPSA) is 37.7 Å². The summed E-state index contributed by atoms with van der Waals surface area (Å²) >= 11 is 5.42. The summed E-state index contributed by atoms with van der Waals surface area (Å²) in [6.45, 7) is 4.44. The molecule has 1 atom stereocenters. The molecule has 0 aromatic heterocycles. The molecule has 25 heavy (non-hydrogen) atoms. The Balaban J connectivity index is 1.68. The Morgan fingerprint density at radius 2 is 1.76 bits per heavy atom. The molecule has 0 aliphatic carbocycles. The van der Waals surface area contributed by atoms with E-state index in [2.05, 4.69) is 22.8 Å². The van der Waals surface area contributed by atoms with Crippen LogP contribution in [0.1, 0.15) is 11.6 Å². The predicted octanol–water partition coefficient (Wildman–Crippen LogP) is 1.77. The van der Waals surface area contributed by atoms with E-state index in [0.717, 1.165) is 32.8 Å². The lowest BCUT2D eigenvalue weighted by atomic mass is 10.1. The summed E-state index contributed by atoms with van der Waals surface area (Å²) in [7, 11) is 0. The van der Waals surface area contributed by atoms with E-state index in [-0.39, 0.29) is 11.9 Å². The molecule has 2 aromatic rings. The van der Waals surface area contributed by atoms with Crippen molar-refractivity contribution in [2.45, 2.75) is 6.04 Å². The number of para-hydroxylation sites is 1. The van der Waals surface area contributed by atoms with Gasteiger partial charge in [0.15, 0.2) is 5.11 Å². The van der Waals surface area contributed by atoms with Crippen molar-refractivity contribution < 1.29 is 14.0 Å². The molecule has 1 aliphatic heterocycles. The molecule has 0 spiro atoms. The van der Waals surface area contributed by atoms with Crippen LogP contribution >= 0.6 is 12.2 Å². The lowest BCUT2D eigenvalue weighted by Gasteiger charge is -2.29. The standard InChI is InChI=1S/C19H22FN3OS/c20-16-8-4-5-9-17(16)21-19(25)22-18(15-6-2-1-3-7-15)14-23-10-12-24-13-11-23/h1-9,18H,10-14H2,(H2,21,22,25)/p+1/t18-/m0/s1. The number of hydrogen-bond donors (Lipinski definition) is 3. The van der Waals surface area contributed by atoms with Gasteiger partial charge in [-0.2, -0.15) is 0 Å². The van der Waals surface area contributed by atoms with Crippen molar-refractivity contribution in [3.05, 3.63) is 66.0 Å². The fraction of sp³-hybridized carbons (Fsp3) is 0.316. The highest BCUT2D eigenvalue weighted by Crippen LogP contribution is 2.14. The zero-order chi connectivity index (χ0) is 17.5. The third-order valence-corrected chi connectivity index (χ3v) is 4.54. The fourth-order valence-corrected chi connectivity index (χ4v) is 3.22. The number of halogens is 1. The van der Waals surface area contributed by atoms with Crippen molar-refractivity contribution in [2.24, 2.45) is 0 Å². The molecule has 1 aliphatic rings. The number of rotatable bonds is 5. The Bertz CT molecular complexity index is 692. The average Bonchev–Trinajstić information content (AvgIpc) is 2.65. The summed E-state index contributed by atoms with van der Waals surface area (Å²) in [6, 6.07) is 16.8. The van der Waals surface area contributed by atoms with E-state index in [1.807, 2.05) is 18.2 Å². The first-order chi connectivity index (χ1) is 12.2. The number of hydrogen-bond acceptors (Lipinski definition) is 2. The van der Waals surface area contributed by atoms with Crippen molar-refractivity contribution in [3.63, 3.8) is 0 Å². The van der Waals surface area contributed by atoms with E-state index in [1.165, 1.54) is 16.5 Å². The van der Waals surface area contributed by atoms with Gasteiger partial charge in [-0.25, -0.2) is 4.39 Å². The predicted molar refractivity (Wildman–Crippen MR) is 101 cm³/mol. The van der Waals surface area contributed by atoms with Crippen LogP contribution < -0.4 is 15.5 Å². The number of ether oxygens (including phenoxy) is 1. The summed E-state index contributed by atoms with van der Waals surface area (Å²) in [4.78, 5) is 1.47. The van der Waals surface area contributed by atoms with Crippen molar-refractivity contribution in [2.75, 3.05) is 38.2 Å². The summed E-state index contributed by atoms with van der Waals surface area (Å²) in [5, 5.41) is 6.73. The second-order valence-electron chi connectivity index (χ2n) is 6.11. The maximum Gasteiger partial charge on any atom is 0.171 e. The molecule has 0 radical (unpaired) electrons. The summed E-state index contributed by atoms with van der Waals surface area (Å²) in [5.74, 6) is -0.318. The SMILES string of the molecule is Fc1ccccc1NC(=S)N[C@@H](C[NH+]1CCOCC1)c1ccccc1. The first kappa shape index (κ1) is 17.8. The van der Waals surface area contributed by atoms with Gasteiger partial charge in [-0.05, 0) is 29.9 Å². The zero-order valence-electron chi connectivity index (χ0n) is 14.0. The largest absolute Gasteiger partial charge is 0.370 e. The molecule has 2 aromatic carbocycles. The van der Waals surface area contributed by atoms with Gasteiger partial charge in [0.25, 0.3) is 0 Å². The first-order valence-corrected chi connectivity index (χ1v) is 8.91. The monoisotopic (exact) mass is 360 g/mol. The van der Waals surface area contributed by atoms with Crippen LogP contribution in [-0.4, -0.2) is 38.0 Å². The van der Waals surface area contributed by atoms with Crippen LogP contribution in [0.2, 0.25) is 0 Å². The number of nitrogens with one attached hydrogen (secondary N) is 3. The van der Waals surface area contributed by atoms with Crippen molar-refractivity contribution in [1.29, 1.82) is 0 Å². The van der Waals surface area contributed by atoms with Gasteiger partial charge >= 0.3 is 0 Å². The Hall–Kier alpha value is -2.02. The Morgan fingerprint density at radius 3 is 2.48 bits per heavy atom. The average molecular weight is 360 g/mol. The van der Waals surface area contributed by atoms with Crippen LogP contribution in [0.25, 0.3) is 0 Å². The molecule has 4 nitrogen and oxygen atoms in total. The van der Waals surface area contributed by atoms with Crippen LogP contribution in [0.15, 0.2) is 54.6 Å². The van der Waals surface area contributed by atoms with Crippen LogP contribution in [0.5, 0.6) is 0 Å². The number of quaternary nitrogens is 1. The third kappa shape index (κ3) is 5.22. The maximum absolute atomic E-state index is 13.8. The highest BCUT2D eigenvalue weighted by Gasteiger charge is 2.22. The molecule has 0 amide bonds. The van der Waals surface area contributed by atoms with E-state index in [0.29, 0.717) is 10.8 Å². The molecule has 0 bridgehead atoms. The van der Waals surface area contributed by atoms with E-state index < -0.39 is 0 Å². The second kappa shape index (κ2) is 8.89. The fourth-order valence-electron chi connectivity index (χ4n) is 2.97. The van der Waals surface area contributed by atoms with Gasteiger partial charge in [-0.15, -0.1) is 0 Å². The molecule has 1 heterocycles. The highest BCUT2D eigenvalue weighted by atomic mass is 32.1. The van der Waals surface area contributed by atoms with Crippen molar-refractivity contribution in [1.82, 2.24) is 5.32 Å². The molecule has 3 rings (SSSR count). The van der Waals surface area contributed by atoms with E-state index >= 15 is 0 Å². The molecule has 0 saturated carbocycles. The molecular weight excluding hydrogens is 337 g/mol. The third-order valence-electron chi connectivity index (χ3n) is 4.32. The van der Waals surface area contributed by atoms with Gasteiger partial charge in [0.05, 0.1) is 18.9 Å². The van der Waals surface area contributed by atoms with Gasteiger partial charge in [0.1, 0.15) is 31.5 Å². The molecule has 1 saturated heterocycles. The van der Waals surface area contributed by atoms with Gasteiger partial charge in [-0.3, -0.25) is 0 Å². The van der Waals surface area contributed by atoms with Gasteiger partial charge in [0.2, 0.25) is 0 Å². The quantitative estimate of drug-likeness (QED) is 0.711. The number of thiocarbonyl (C=S) groups is 1. The van der Waals surface area contributed by atoms with E-state index in [4.69, 9.17) is 17.0 Å². The van der Waals surface area contributed by atoms with Crippen LogP contribution in [-0.2, 0) is 4.74 Å². The van der Waals surface area contributed by atoms with E-state index in [1.54, 1.807) is 18.2 Å². The van der Waals surface area contributed by atoms with Crippen molar-refractivity contribution in [3.8, 4) is 0 Å². The Morgan fingerprint density at radius 1 is 1.08 bits per heavy atom. The van der Waals surface area contributed by atoms with Gasteiger partial charge < -0.3 is 20.3 Å². The summed E-state index contributed by atoms with van der Waals surface area (Å²) in [5.41, 5.74) is 1.55. The lowest BCUT2D eigenvalue weighted by molar-refractivity contribution is -0.909. The van der Waals surface area contributed by atoms with Crippen LogP contribution in [0.3, 0.4) is 0 Å².